The fraction of sp³-hybridized carbons (Fsp3) is 0.462. The lowest BCUT2D eigenvalue weighted by molar-refractivity contribution is 0.353. The highest BCUT2D eigenvalue weighted by Crippen LogP contribution is 2.45. The zero-order chi connectivity index (χ0) is 22.6. The number of unbranched alkanes of at least 4 members (excludes halogenated alkanes) is 1. The number of H-pyrrole nitrogens is 1. The molecule has 0 aliphatic heterocycles. The van der Waals surface area contributed by atoms with Gasteiger partial charge in [0, 0.05) is 17.1 Å². The van der Waals surface area contributed by atoms with Crippen LogP contribution < -0.4 is 13.9 Å². The maximum atomic E-state index is 6.57. The highest BCUT2D eigenvalue weighted by molar-refractivity contribution is 6.74. The average Bonchev–Trinajstić information content (AvgIpc) is 3.14. The van der Waals surface area contributed by atoms with Crippen LogP contribution in [-0.4, -0.2) is 27.5 Å². The number of hydrogen-bond donors (Lipinski definition) is 1. The number of fused-ring (bicyclic) bond motifs is 1. The second-order valence-electron chi connectivity index (χ2n) is 9.76. The lowest BCUT2D eigenvalue weighted by atomic mass is 10.0. The molecule has 168 valence electrons. The summed E-state index contributed by atoms with van der Waals surface area (Å²) in [5, 5.41) is 1.43. The quantitative estimate of drug-likeness (QED) is 0.285. The molecule has 0 aliphatic carbocycles. The predicted octanol–water partition coefficient (Wildman–Crippen LogP) is 7.13. The van der Waals surface area contributed by atoms with Crippen LogP contribution >= 0.6 is 0 Å². The standard InChI is InChI=1S/C26H37NO3Si/c1-26(2,3)31(6,7)30-25-23(28-4)16-19(17-24(25)29-5)12-8-9-13-20-18-27-22-15-11-10-14-21(20)22/h10-11,14-18,27H,8-9,12-13H2,1-7H3. The molecule has 0 saturated heterocycles. The van der Waals surface area contributed by atoms with E-state index in [2.05, 4.69) is 81.4 Å². The van der Waals surface area contributed by atoms with Gasteiger partial charge in [0.25, 0.3) is 8.32 Å². The summed E-state index contributed by atoms with van der Waals surface area (Å²) in [4.78, 5) is 3.37. The van der Waals surface area contributed by atoms with E-state index in [1.54, 1.807) is 14.2 Å². The van der Waals surface area contributed by atoms with Gasteiger partial charge in [-0.05, 0) is 73.1 Å². The minimum absolute atomic E-state index is 0.101. The van der Waals surface area contributed by atoms with Crippen molar-refractivity contribution in [1.29, 1.82) is 0 Å². The lowest BCUT2D eigenvalue weighted by Gasteiger charge is -2.37. The second-order valence-corrected chi connectivity index (χ2v) is 14.5. The molecule has 0 atom stereocenters. The van der Waals surface area contributed by atoms with Crippen LogP contribution in [0.25, 0.3) is 10.9 Å². The summed E-state index contributed by atoms with van der Waals surface area (Å²) in [6.07, 6.45) is 6.44. The normalized spacial score (nSPS) is 12.2. The monoisotopic (exact) mass is 439 g/mol. The lowest BCUT2D eigenvalue weighted by Crippen LogP contribution is -2.44. The Balaban J connectivity index is 1.69. The molecule has 0 amide bonds. The molecule has 4 nitrogen and oxygen atoms in total. The zero-order valence-electron chi connectivity index (χ0n) is 20.1. The maximum absolute atomic E-state index is 6.57. The maximum Gasteiger partial charge on any atom is 0.250 e. The van der Waals surface area contributed by atoms with Gasteiger partial charge in [-0.25, -0.2) is 0 Å². The Kier molecular flexibility index (Phi) is 7.05. The molecular weight excluding hydrogens is 402 g/mol. The number of benzene rings is 2. The summed E-state index contributed by atoms with van der Waals surface area (Å²) in [5.74, 6) is 2.26. The summed E-state index contributed by atoms with van der Waals surface area (Å²) in [6.45, 7) is 11.2. The first-order valence-electron chi connectivity index (χ1n) is 11.1. The number of nitrogens with one attached hydrogen (secondary N) is 1. The Bertz CT molecular complexity index is 992. The Morgan fingerprint density at radius 1 is 0.903 bits per heavy atom. The highest BCUT2D eigenvalue weighted by Gasteiger charge is 2.40. The van der Waals surface area contributed by atoms with Crippen molar-refractivity contribution in [3.8, 4) is 17.2 Å². The molecule has 0 spiro atoms. The molecule has 5 heteroatoms. The van der Waals surface area contributed by atoms with E-state index in [1.807, 2.05) is 0 Å². The van der Waals surface area contributed by atoms with E-state index in [0.29, 0.717) is 0 Å². The summed E-state index contributed by atoms with van der Waals surface area (Å²) in [7, 11) is 1.40. The van der Waals surface area contributed by atoms with E-state index in [1.165, 1.54) is 22.0 Å². The number of ether oxygens (including phenoxy) is 2. The third-order valence-electron chi connectivity index (χ3n) is 6.52. The van der Waals surface area contributed by atoms with Crippen LogP contribution in [0.1, 0.15) is 44.7 Å². The molecule has 0 bridgehead atoms. The minimum Gasteiger partial charge on any atom is -0.539 e. The molecule has 0 saturated carbocycles. The molecule has 0 aliphatic rings. The zero-order valence-corrected chi connectivity index (χ0v) is 21.1. The van der Waals surface area contributed by atoms with Crippen molar-refractivity contribution in [2.75, 3.05) is 14.2 Å². The Hall–Kier alpha value is -2.40. The van der Waals surface area contributed by atoms with Gasteiger partial charge in [0.2, 0.25) is 0 Å². The molecule has 0 radical (unpaired) electrons. The molecule has 1 N–H and O–H groups in total. The fourth-order valence-corrected chi connectivity index (χ4v) is 4.59. The fourth-order valence-electron chi connectivity index (χ4n) is 3.57. The van der Waals surface area contributed by atoms with Crippen molar-refractivity contribution in [2.24, 2.45) is 0 Å². The van der Waals surface area contributed by atoms with E-state index < -0.39 is 8.32 Å². The number of para-hydroxylation sites is 1. The summed E-state index contributed by atoms with van der Waals surface area (Å²) >= 11 is 0. The summed E-state index contributed by atoms with van der Waals surface area (Å²) < 4.78 is 18.0. The SMILES string of the molecule is COc1cc(CCCCc2c[nH]c3ccccc23)cc(OC)c1O[Si](C)(C)C(C)(C)C. The molecule has 0 unspecified atom stereocenters. The predicted molar refractivity (Wildman–Crippen MR) is 132 cm³/mol. The van der Waals surface area contributed by atoms with Gasteiger partial charge in [0.15, 0.2) is 17.2 Å². The average molecular weight is 440 g/mol. The van der Waals surface area contributed by atoms with Gasteiger partial charge in [-0.2, -0.15) is 0 Å². The third-order valence-corrected chi connectivity index (χ3v) is 10.8. The topological polar surface area (TPSA) is 43.5 Å². The third kappa shape index (κ3) is 5.27. The van der Waals surface area contributed by atoms with Gasteiger partial charge in [0.05, 0.1) is 14.2 Å². The van der Waals surface area contributed by atoms with Crippen molar-refractivity contribution in [1.82, 2.24) is 4.98 Å². The van der Waals surface area contributed by atoms with Gasteiger partial charge in [-0.3, -0.25) is 0 Å². The molecule has 1 heterocycles. The highest BCUT2D eigenvalue weighted by atomic mass is 28.4. The van der Waals surface area contributed by atoms with Crippen LogP contribution in [0.15, 0.2) is 42.6 Å². The number of methoxy groups -OCH3 is 2. The van der Waals surface area contributed by atoms with Crippen molar-refractivity contribution in [3.63, 3.8) is 0 Å². The van der Waals surface area contributed by atoms with Crippen molar-refractivity contribution in [2.45, 2.75) is 64.6 Å². The number of hydrogen-bond acceptors (Lipinski definition) is 3. The second kappa shape index (κ2) is 9.39. The molecule has 3 aromatic rings. The largest absolute Gasteiger partial charge is 0.539 e. The van der Waals surface area contributed by atoms with E-state index in [0.717, 1.165) is 42.9 Å². The Morgan fingerprint density at radius 2 is 1.52 bits per heavy atom. The van der Waals surface area contributed by atoms with Gasteiger partial charge in [-0.15, -0.1) is 0 Å². The van der Waals surface area contributed by atoms with E-state index in [4.69, 9.17) is 13.9 Å². The molecule has 0 fully saturated rings. The van der Waals surface area contributed by atoms with Crippen molar-refractivity contribution in [3.05, 3.63) is 53.7 Å². The smallest absolute Gasteiger partial charge is 0.250 e. The first-order valence-corrected chi connectivity index (χ1v) is 14.1. The number of aromatic nitrogens is 1. The van der Waals surface area contributed by atoms with Gasteiger partial charge < -0.3 is 18.9 Å². The number of rotatable bonds is 9. The minimum atomic E-state index is -2.01. The van der Waals surface area contributed by atoms with Gasteiger partial charge in [-0.1, -0.05) is 39.0 Å². The van der Waals surface area contributed by atoms with Crippen LogP contribution in [0.5, 0.6) is 17.2 Å². The Morgan fingerprint density at radius 3 is 2.13 bits per heavy atom. The molecule has 1 aromatic heterocycles. The number of aryl methyl sites for hydroxylation is 2. The van der Waals surface area contributed by atoms with E-state index in [-0.39, 0.29) is 5.04 Å². The van der Waals surface area contributed by atoms with E-state index in [9.17, 15) is 0 Å². The molecule has 3 rings (SSSR count). The van der Waals surface area contributed by atoms with Crippen LogP contribution in [0, 0.1) is 0 Å². The van der Waals surface area contributed by atoms with Gasteiger partial charge >= 0.3 is 0 Å². The van der Waals surface area contributed by atoms with Crippen LogP contribution in [0.4, 0.5) is 0 Å². The first kappa shape index (κ1) is 23.3. The summed E-state index contributed by atoms with van der Waals surface area (Å²) in [6, 6.07) is 12.7. The van der Waals surface area contributed by atoms with Crippen molar-refractivity contribution >= 4 is 19.2 Å². The molecular formula is C26H37NO3Si. The number of aromatic amines is 1. The first-order chi connectivity index (χ1) is 14.7. The molecule has 2 aromatic carbocycles. The molecule has 31 heavy (non-hydrogen) atoms. The Labute approximate surface area is 188 Å². The van der Waals surface area contributed by atoms with Crippen LogP contribution in [0.3, 0.4) is 0 Å². The van der Waals surface area contributed by atoms with E-state index >= 15 is 0 Å². The summed E-state index contributed by atoms with van der Waals surface area (Å²) in [5.41, 5.74) is 3.82. The van der Waals surface area contributed by atoms with Crippen LogP contribution in [0.2, 0.25) is 18.1 Å². The van der Waals surface area contributed by atoms with Gasteiger partial charge in [0.1, 0.15) is 0 Å². The van der Waals surface area contributed by atoms with Crippen LogP contribution in [-0.2, 0) is 12.8 Å². The van der Waals surface area contributed by atoms with Crippen molar-refractivity contribution < 1.29 is 13.9 Å².